The Hall–Kier alpha value is -1.78. The second-order valence-electron chi connectivity index (χ2n) is 4.40. The Bertz CT molecular complexity index is 637. The van der Waals surface area contributed by atoms with Gasteiger partial charge in [-0.2, -0.15) is 10.1 Å². The lowest BCUT2D eigenvalue weighted by atomic mass is 10.3. The summed E-state index contributed by atoms with van der Waals surface area (Å²) in [5, 5.41) is 13.2. The van der Waals surface area contributed by atoms with Crippen molar-refractivity contribution in [3.63, 3.8) is 0 Å². The van der Waals surface area contributed by atoms with Gasteiger partial charge in [0.15, 0.2) is 10.9 Å². The van der Waals surface area contributed by atoms with Crippen LogP contribution in [0.4, 0.5) is 0 Å². The van der Waals surface area contributed by atoms with Gasteiger partial charge in [0.1, 0.15) is 0 Å². The van der Waals surface area contributed by atoms with E-state index in [9.17, 15) is 8.42 Å². The summed E-state index contributed by atoms with van der Waals surface area (Å²) in [6.07, 6.45) is 4.04. The van der Waals surface area contributed by atoms with Gasteiger partial charge in [-0.15, -0.1) is 0 Å². The first-order valence-electron chi connectivity index (χ1n) is 6.61. The summed E-state index contributed by atoms with van der Waals surface area (Å²) in [6.45, 7) is 3.49. The highest BCUT2D eigenvalue weighted by molar-refractivity contribution is 7.89. The van der Waals surface area contributed by atoms with Crippen molar-refractivity contribution in [1.29, 1.82) is 0 Å². The maximum atomic E-state index is 12.2. The van der Waals surface area contributed by atoms with Crippen molar-refractivity contribution < 1.29 is 12.9 Å². The SMILES string of the molecule is CCCNCc1cn[nH]c1S(=O)(=O)NCCc1ncon1. The highest BCUT2D eigenvalue weighted by Gasteiger charge is 2.20. The number of hydrogen-bond donors (Lipinski definition) is 3. The Kier molecular flexibility index (Phi) is 5.42. The van der Waals surface area contributed by atoms with Gasteiger partial charge in [-0.05, 0) is 13.0 Å². The second kappa shape index (κ2) is 7.29. The minimum absolute atomic E-state index is 0.0826. The predicted molar refractivity (Wildman–Crippen MR) is 73.8 cm³/mol. The summed E-state index contributed by atoms with van der Waals surface area (Å²) in [5.41, 5.74) is 0.607. The molecule has 3 N–H and O–H groups in total. The smallest absolute Gasteiger partial charge is 0.257 e. The number of rotatable bonds is 9. The zero-order chi connectivity index (χ0) is 15.1. The van der Waals surface area contributed by atoms with Crippen LogP contribution < -0.4 is 10.0 Å². The molecule has 116 valence electrons. The first-order valence-corrected chi connectivity index (χ1v) is 8.09. The number of nitrogens with zero attached hydrogens (tertiary/aromatic N) is 3. The monoisotopic (exact) mass is 314 g/mol. The van der Waals surface area contributed by atoms with Gasteiger partial charge < -0.3 is 9.84 Å². The van der Waals surface area contributed by atoms with E-state index in [-0.39, 0.29) is 11.6 Å². The largest absolute Gasteiger partial charge is 0.343 e. The summed E-state index contributed by atoms with van der Waals surface area (Å²) < 4.78 is 31.5. The van der Waals surface area contributed by atoms with Crippen LogP contribution in [0.15, 0.2) is 22.1 Å². The van der Waals surface area contributed by atoms with Crippen LogP contribution in [0.1, 0.15) is 24.7 Å². The van der Waals surface area contributed by atoms with Gasteiger partial charge in [-0.3, -0.25) is 5.10 Å². The third-order valence-corrected chi connectivity index (χ3v) is 4.21. The van der Waals surface area contributed by atoms with Gasteiger partial charge in [-0.25, -0.2) is 13.1 Å². The predicted octanol–water partition coefficient (Wildman–Crippen LogP) is -0.187. The standard InChI is InChI=1S/C11H18N6O3S/c1-2-4-12-6-9-7-14-16-11(9)21(18,19)15-5-3-10-13-8-20-17-10/h7-8,12,15H,2-6H2,1H3,(H,14,16). The van der Waals surface area contributed by atoms with Crippen LogP contribution in [0.3, 0.4) is 0 Å². The van der Waals surface area contributed by atoms with Gasteiger partial charge in [0.2, 0.25) is 6.39 Å². The van der Waals surface area contributed by atoms with Gasteiger partial charge in [0.05, 0.1) is 6.20 Å². The van der Waals surface area contributed by atoms with E-state index in [1.54, 1.807) is 0 Å². The van der Waals surface area contributed by atoms with E-state index in [4.69, 9.17) is 0 Å². The summed E-state index contributed by atoms with van der Waals surface area (Å²) in [5.74, 6) is 0.451. The fourth-order valence-corrected chi connectivity index (χ4v) is 2.89. The lowest BCUT2D eigenvalue weighted by Gasteiger charge is -2.06. The molecule has 9 nitrogen and oxygen atoms in total. The van der Waals surface area contributed by atoms with Crippen molar-refractivity contribution in [2.45, 2.75) is 31.3 Å². The van der Waals surface area contributed by atoms with Gasteiger partial charge in [0, 0.05) is 25.1 Å². The molecule has 2 rings (SSSR count). The van der Waals surface area contributed by atoms with E-state index >= 15 is 0 Å². The van der Waals surface area contributed by atoms with Crippen LogP contribution in [-0.2, 0) is 23.0 Å². The summed E-state index contributed by atoms with van der Waals surface area (Å²) in [4.78, 5) is 3.82. The van der Waals surface area contributed by atoms with Crippen LogP contribution in [0, 0.1) is 0 Å². The molecule has 0 fully saturated rings. The normalized spacial score (nSPS) is 11.9. The molecule has 0 amide bonds. The Morgan fingerprint density at radius 3 is 2.95 bits per heavy atom. The molecule has 0 aliphatic heterocycles. The lowest BCUT2D eigenvalue weighted by molar-refractivity contribution is 0.409. The number of H-pyrrole nitrogens is 1. The van der Waals surface area contributed by atoms with Gasteiger partial charge in [-0.1, -0.05) is 12.1 Å². The molecule has 0 saturated carbocycles. The molecular formula is C11H18N6O3S. The topological polar surface area (TPSA) is 126 Å². The molecule has 0 aliphatic carbocycles. The van der Waals surface area contributed by atoms with Crippen LogP contribution in [0.5, 0.6) is 0 Å². The molecule has 10 heteroatoms. The second-order valence-corrected chi connectivity index (χ2v) is 6.10. The fraction of sp³-hybridized carbons (Fsp3) is 0.545. The highest BCUT2D eigenvalue weighted by Crippen LogP contribution is 2.11. The molecule has 0 unspecified atom stereocenters. The van der Waals surface area contributed by atoms with E-state index in [2.05, 4.69) is 34.9 Å². The summed E-state index contributed by atoms with van der Waals surface area (Å²) in [7, 11) is -3.63. The van der Waals surface area contributed by atoms with E-state index in [0.717, 1.165) is 13.0 Å². The van der Waals surface area contributed by atoms with Crippen molar-refractivity contribution in [3.8, 4) is 0 Å². The Morgan fingerprint density at radius 1 is 1.38 bits per heavy atom. The quantitative estimate of drug-likeness (QED) is 0.548. The van der Waals surface area contributed by atoms with E-state index in [1.807, 2.05) is 6.92 Å². The third kappa shape index (κ3) is 4.34. The molecule has 21 heavy (non-hydrogen) atoms. The Morgan fingerprint density at radius 2 is 2.24 bits per heavy atom. The Balaban J connectivity index is 1.94. The molecule has 0 saturated heterocycles. The van der Waals surface area contributed by atoms with Crippen molar-refractivity contribution in [2.75, 3.05) is 13.1 Å². The average molecular weight is 314 g/mol. The molecule has 2 aromatic rings. The molecular weight excluding hydrogens is 296 g/mol. The summed E-state index contributed by atoms with van der Waals surface area (Å²) in [6, 6.07) is 0. The maximum absolute atomic E-state index is 12.2. The van der Waals surface area contributed by atoms with Crippen molar-refractivity contribution in [2.24, 2.45) is 0 Å². The summed E-state index contributed by atoms with van der Waals surface area (Å²) >= 11 is 0. The number of nitrogens with one attached hydrogen (secondary N) is 3. The molecule has 0 atom stereocenters. The number of sulfonamides is 1. The number of aromatic nitrogens is 4. The molecule has 0 bridgehead atoms. The fourth-order valence-electron chi connectivity index (χ4n) is 1.73. The van der Waals surface area contributed by atoms with Crippen LogP contribution in [-0.4, -0.2) is 41.8 Å². The minimum atomic E-state index is -3.63. The van der Waals surface area contributed by atoms with E-state index in [0.29, 0.717) is 24.4 Å². The van der Waals surface area contributed by atoms with Crippen LogP contribution >= 0.6 is 0 Å². The van der Waals surface area contributed by atoms with Crippen molar-refractivity contribution in [3.05, 3.63) is 24.0 Å². The molecule has 0 radical (unpaired) electrons. The molecule has 2 heterocycles. The first kappa shape index (κ1) is 15.6. The average Bonchev–Trinajstić information content (AvgIpc) is 3.10. The van der Waals surface area contributed by atoms with Gasteiger partial charge >= 0.3 is 0 Å². The van der Waals surface area contributed by atoms with Crippen molar-refractivity contribution in [1.82, 2.24) is 30.4 Å². The number of hydrogen-bond acceptors (Lipinski definition) is 7. The highest BCUT2D eigenvalue weighted by atomic mass is 32.2. The minimum Gasteiger partial charge on any atom is -0.343 e. The third-order valence-electron chi connectivity index (χ3n) is 2.74. The van der Waals surface area contributed by atoms with Crippen molar-refractivity contribution >= 4 is 10.0 Å². The van der Waals surface area contributed by atoms with E-state index < -0.39 is 10.0 Å². The zero-order valence-corrected chi connectivity index (χ0v) is 12.5. The maximum Gasteiger partial charge on any atom is 0.257 e. The number of aromatic amines is 1. The lowest BCUT2D eigenvalue weighted by Crippen LogP contribution is -2.28. The Labute approximate surface area is 122 Å². The molecule has 0 aromatic carbocycles. The van der Waals surface area contributed by atoms with Crippen LogP contribution in [0.25, 0.3) is 0 Å². The van der Waals surface area contributed by atoms with E-state index in [1.165, 1.54) is 12.6 Å². The molecule has 2 aromatic heterocycles. The van der Waals surface area contributed by atoms with Crippen LogP contribution in [0.2, 0.25) is 0 Å². The first-order chi connectivity index (χ1) is 10.1. The van der Waals surface area contributed by atoms with Gasteiger partial charge in [0.25, 0.3) is 10.0 Å². The molecule has 0 spiro atoms. The zero-order valence-electron chi connectivity index (χ0n) is 11.7. The molecule has 0 aliphatic rings.